The fourth-order valence-corrected chi connectivity index (χ4v) is 2.36. The van der Waals surface area contributed by atoms with Crippen LogP contribution in [-0.4, -0.2) is 31.1 Å². The lowest BCUT2D eigenvalue weighted by Gasteiger charge is -2.22. The quantitative estimate of drug-likeness (QED) is 0.873. The predicted molar refractivity (Wildman–Crippen MR) is 63.8 cm³/mol. The van der Waals surface area contributed by atoms with Crippen LogP contribution in [0, 0.1) is 11.6 Å². The molecular formula is C13H18F2N2. The molecule has 1 saturated heterocycles. The molecule has 2 rings (SSSR count). The Bertz CT molecular complexity index is 376. The summed E-state index contributed by atoms with van der Waals surface area (Å²) in [6.07, 6.45) is 2.43. The number of benzene rings is 1. The van der Waals surface area contributed by atoms with Crippen molar-refractivity contribution < 1.29 is 8.78 Å². The lowest BCUT2D eigenvalue weighted by atomic mass is 9.98. The van der Waals surface area contributed by atoms with E-state index in [-0.39, 0.29) is 5.92 Å². The normalized spacial score (nSPS) is 18.5. The van der Waals surface area contributed by atoms with Gasteiger partial charge in [0, 0.05) is 19.0 Å². The molecular weight excluding hydrogens is 222 g/mol. The van der Waals surface area contributed by atoms with E-state index < -0.39 is 11.6 Å². The molecule has 0 spiro atoms. The molecule has 1 aromatic rings. The van der Waals surface area contributed by atoms with E-state index in [4.69, 9.17) is 5.73 Å². The van der Waals surface area contributed by atoms with E-state index in [9.17, 15) is 8.78 Å². The van der Waals surface area contributed by atoms with E-state index in [1.807, 2.05) is 0 Å². The molecule has 2 nitrogen and oxygen atoms in total. The molecule has 94 valence electrons. The van der Waals surface area contributed by atoms with Crippen LogP contribution >= 0.6 is 0 Å². The van der Waals surface area contributed by atoms with Crippen LogP contribution < -0.4 is 5.73 Å². The zero-order valence-corrected chi connectivity index (χ0v) is 9.83. The van der Waals surface area contributed by atoms with Crippen LogP contribution in [0.2, 0.25) is 0 Å². The molecule has 0 aromatic heterocycles. The van der Waals surface area contributed by atoms with Crippen LogP contribution in [0.4, 0.5) is 8.78 Å². The first-order chi connectivity index (χ1) is 8.20. The highest BCUT2D eigenvalue weighted by molar-refractivity contribution is 5.22. The second-order valence-electron chi connectivity index (χ2n) is 4.61. The van der Waals surface area contributed by atoms with E-state index >= 15 is 0 Å². The fraction of sp³-hybridized carbons (Fsp3) is 0.538. The van der Waals surface area contributed by atoms with Gasteiger partial charge in [0.2, 0.25) is 0 Å². The van der Waals surface area contributed by atoms with Gasteiger partial charge in [-0.3, -0.25) is 0 Å². The SMILES string of the molecule is NCC(CN1CCCC1)c1ccc(F)c(F)c1. The summed E-state index contributed by atoms with van der Waals surface area (Å²) in [6.45, 7) is 3.46. The molecule has 0 saturated carbocycles. The van der Waals surface area contributed by atoms with Crippen molar-refractivity contribution in [3.8, 4) is 0 Å². The Hall–Kier alpha value is -1.00. The minimum Gasteiger partial charge on any atom is -0.330 e. The second kappa shape index (κ2) is 5.56. The van der Waals surface area contributed by atoms with Crippen molar-refractivity contribution >= 4 is 0 Å². The third kappa shape index (κ3) is 3.01. The van der Waals surface area contributed by atoms with Crippen LogP contribution in [0.3, 0.4) is 0 Å². The van der Waals surface area contributed by atoms with Crippen LogP contribution in [0.1, 0.15) is 24.3 Å². The third-order valence-electron chi connectivity index (χ3n) is 3.38. The van der Waals surface area contributed by atoms with Gasteiger partial charge in [-0.15, -0.1) is 0 Å². The Morgan fingerprint density at radius 3 is 2.47 bits per heavy atom. The second-order valence-corrected chi connectivity index (χ2v) is 4.61. The molecule has 0 aliphatic carbocycles. The van der Waals surface area contributed by atoms with Crippen molar-refractivity contribution in [1.82, 2.24) is 4.90 Å². The van der Waals surface area contributed by atoms with Gasteiger partial charge in [-0.2, -0.15) is 0 Å². The highest BCUT2D eigenvalue weighted by Gasteiger charge is 2.18. The van der Waals surface area contributed by atoms with Crippen molar-refractivity contribution in [3.05, 3.63) is 35.4 Å². The molecule has 1 aliphatic heterocycles. The predicted octanol–water partition coefficient (Wildman–Crippen LogP) is 2.10. The lowest BCUT2D eigenvalue weighted by molar-refractivity contribution is 0.315. The van der Waals surface area contributed by atoms with Crippen molar-refractivity contribution in [1.29, 1.82) is 0 Å². The van der Waals surface area contributed by atoms with Gasteiger partial charge < -0.3 is 10.6 Å². The van der Waals surface area contributed by atoms with Crippen molar-refractivity contribution in [2.75, 3.05) is 26.2 Å². The molecule has 2 N–H and O–H groups in total. The molecule has 1 unspecified atom stereocenters. The van der Waals surface area contributed by atoms with E-state index in [0.29, 0.717) is 6.54 Å². The van der Waals surface area contributed by atoms with Crippen molar-refractivity contribution in [3.63, 3.8) is 0 Å². The molecule has 1 heterocycles. The Morgan fingerprint density at radius 1 is 1.18 bits per heavy atom. The Kier molecular flexibility index (Phi) is 4.07. The fourth-order valence-electron chi connectivity index (χ4n) is 2.36. The zero-order chi connectivity index (χ0) is 12.3. The molecule has 1 fully saturated rings. The van der Waals surface area contributed by atoms with Gasteiger partial charge in [-0.1, -0.05) is 6.07 Å². The van der Waals surface area contributed by atoms with E-state index in [1.54, 1.807) is 6.07 Å². The summed E-state index contributed by atoms with van der Waals surface area (Å²) in [5.41, 5.74) is 6.52. The summed E-state index contributed by atoms with van der Waals surface area (Å²) < 4.78 is 26.0. The Labute approximate surface area is 100 Å². The summed E-state index contributed by atoms with van der Waals surface area (Å²) in [6, 6.07) is 4.08. The maximum atomic E-state index is 13.2. The third-order valence-corrected chi connectivity index (χ3v) is 3.38. The smallest absolute Gasteiger partial charge is 0.159 e. The summed E-state index contributed by atoms with van der Waals surface area (Å²) in [7, 11) is 0. The van der Waals surface area contributed by atoms with E-state index in [2.05, 4.69) is 4.90 Å². The average molecular weight is 240 g/mol. The summed E-state index contributed by atoms with van der Waals surface area (Å²) in [5, 5.41) is 0. The number of hydrogen-bond donors (Lipinski definition) is 1. The van der Waals surface area contributed by atoms with Crippen molar-refractivity contribution in [2.24, 2.45) is 5.73 Å². The first-order valence-electron chi connectivity index (χ1n) is 6.08. The average Bonchev–Trinajstić information content (AvgIpc) is 2.82. The monoisotopic (exact) mass is 240 g/mol. The molecule has 0 amide bonds. The number of nitrogens with zero attached hydrogens (tertiary/aromatic N) is 1. The van der Waals surface area contributed by atoms with Gasteiger partial charge in [0.25, 0.3) is 0 Å². The molecule has 1 aromatic carbocycles. The van der Waals surface area contributed by atoms with Gasteiger partial charge >= 0.3 is 0 Å². The minimum absolute atomic E-state index is 0.0863. The largest absolute Gasteiger partial charge is 0.330 e. The number of likely N-dealkylation sites (tertiary alicyclic amines) is 1. The number of nitrogens with two attached hydrogens (primary N) is 1. The summed E-state index contributed by atoms with van der Waals surface area (Å²) in [5.74, 6) is -1.50. The van der Waals surface area contributed by atoms with Gasteiger partial charge in [0.15, 0.2) is 11.6 Å². The van der Waals surface area contributed by atoms with Gasteiger partial charge in [-0.05, 0) is 43.6 Å². The molecule has 4 heteroatoms. The lowest BCUT2D eigenvalue weighted by Crippen LogP contribution is -2.29. The molecule has 0 radical (unpaired) electrons. The molecule has 1 atom stereocenters. The highest BCUT2D eigenvalue weighted by atomic mass is 19.2. The Balaban J connectivity index is 2.08. The van der Waals surface area contributed by atoms with Crippen LogP contribution in [-0.2, 0) is 0 Å². The highest BCUT2D eigenvalue weighted by Crippen LogP contribution is 2.20. The van der Waals surface area contributed by atoms with Gasteiger partial charge in [-0.25, -0.2) is 8.78 Å². The Morgan fingerprint density at radius 2 is 1.88 bits per heavy atom. The summed E-state index contributed by atoms with van der Waals surface area (Å²) >= 11 is 0. The first kappa shape index (κ1) is 12.5. The number of halogens is 2. The number of rotatable bonds is 4. The molecule has 17 heavy (non-hydrogen) atoms. The van der Waals surface area contributed by atoms with Crippen LogP contribution in [0.5, 0.6) is 0 Å². The number of hydrogen-bond acceptors (Lipinski definition) is 2. The van der Waals surface area contributed by atoms with Crippen LogP contribution in [0.15, 0.2) is 18.2 Å². The topological polar surface area (TPSA) is 29.3 Å². The first-order valence-corrected chi connectivity index (χ1v) is 6.08. The van der Waals surface area contributed by atoms with Crippen molar-refractivity contribution in [2.45, 2.75) is 18.8 Å². The van der Waals surface area contributed by atoms with Gasteiger partial charge in [0.1, 0.15) is 0 Å². The molecule has 1 aliphatic rings. The molecule has 0 bridgehead atoms. The van der Waals surface area contributed by atoms with Crippen LogP contribution in [0.25, 0.3) is 0 Å². The van der Waals surface area contributed by atoms with E-state index in [1.165, 1.54) is 25.0 Å². The maximum absolute atomic E-state index is 13.2. The summed E-state index contributed by atoms with van der Waals surface area (Å²) in [4.78, 5) is 2.33. The zero-order valence-electron chi connectivity index (χ0n) is 9.83. The van der Waals surface area contributed by atoms with E-state index in [0.717, 1.165) is 25.2 Å². The van der Waals surface area contributed by atoms with Gasteiger partial charge in [0.05, 0.1) is 0 Å². The minimum atomic E-state index is -0.800. The maximum Gasteiger partial charge on any atom is 0.159 e. The standard InChI is InChI=1S/C13H18F2N2/c14-12-4-3-10(7-13(12)15)11(8-16)9-17-5-1-2-6-17/h3-4,7,11H,1-2,5-6,8-9,16H2.